The van der Waals surface area contributed by atoms with E-state index < -0.39 is 6.16 Å². The number of hydrogen-bond acceptors (Lipinski definition) is 12. The van der Waals surface area contributed by atoms with Crippen molar-refractivity contribution < 1.29 is 52.0 Å². The molecule has 1 heterocycles. The van der Waals surface area contributed by atoms with Crippen molar-refractivity contribution in [3.05, 3.63) is 53.8 Å². The largest absolute Gasteiger partial charge is 0.513 e. The lowest BCUT2D eigenvalue weighted by Gasteiger charge is -2.08. The molecule has 0 atom stereocenters. The molecule has 0 aliphatic carbocycles. The van der Waals surface area contributed by atoms with Gasteiger partial charge in [0.15, 0.2) is 18.6 Å². The summed E-state index contributed by atoms with van der Waals surface area (Å²) in [5, 5.41) is 15.4. The number of benzene rings is 1. The Labute approximate surface area is 299 Å². The van der Waals surface area contributed by atoms with Gasteiger partial charge in [-0.3, -0.25) is 10.3 Å². The molecule has 0 bridgehead atoms. The highest BCUT2D eigenvalue weighted by Crippen LogP contribution is 2.16. The second-order valence-corrected chi connectivity index (χ2v) is 10.8. The van der Waals surface area contributed by atoms with Crippen molar-refractivity contribution in [1.82, 2.24) is 5.32 Å². The van der Waals surface area contributed by atoms with Gasteiger partial charge in [-0.2, -0.15) is 9.83 Å². The minimum atomic E-state index is -0.805. The number of anilines is 1. The Bertz CT molecular complexity index is 1200. The van der Waals surface area contributed by atoms with Crippen LogP contribution in [0.4, 0.5) is 10.5 Å². The van der Waals surface area contributed by atoms with E-state index in [-0.39, 0.29) is 19.9 Å². The first kappa shape index (κ1) is 42.4. The molecular formula is C34H51ClN5O10+. The van der Waals surface area contributed by atoms with Gasteiger partial charge >= 0.3 is 6.16 Å². The first-order chi connectivity index (χ1) is 24.6. The Morgan fingerprint density at radius 1 is 0.740 bits per heavy atom. The topological polar surface area (TPSA) is 164 Å². The molecule has 0 amide bonds. The summed E-state index contributed by atoms with van der Waals surface area (Å²) in [6.45, 7) is 6.25. The summed E-state index contributed by atoms with van der Waals surface area (Å²) in [6.07, 6.45) is 8.35. The zero-order valence-electron chi connectivity index (χ0n) is 28.9. The Morgan fingerprint density at radius 2 is 1.30 bits per heavy atom. The second-order valence-electron chi connectivity index (χ2n) is 10.3. The summed E-state index contributed by atoms with van der Waals surface area (Å²) in [5.41, 5.74) is 0.708. The third kappa shape index (κ3) is 23.6. The van der Waals surface area contributed by atoms with Gasteiger partial charge in [0, 0.05) is 30.8 Å². The van der Waals surface area contributed by atoms with Gasteiger partial charge in [-0.15, -0.1) is 0 Å². The molecule has 0 fully saturated rings. The molecule has 0 saturated heterocycles. The van der Waals surface area contributed by atoms with Crippen molar-refractivity contribution in [3.63, 3.8) is 0 Å². The van der Waals surface area contributed by atoms with Crippen molar-refractivity contribution in [2.24, 2.45) is 4.99 Å². The number of carbonyl (C=O) groups is 1. The van der Waals surface area contributed by atoms with Crippen LogP contribution in [-0.2, 0) is 44.6 Å². The van der Waals surface area contributed by atoms with Crippen LogP contribution in [0.2, 0.25) is 5.02 Å². The van der Waals surface area contributed by atoms with E-state index in [1.54, 1.807) is 48.3 Å². The number of carbonyl (C=O) groups excluding carboxylic acids is 1. The van der Waals surface area contributed by atoms with E-state index in [2.05, 4.69) is 15.6 Å². The van der Waals surface area contributed by atoms with Gasteiger partial charge in [-0.25, -0.2) is 4.79 Å². The second kappa shape index (κ2) is 30.1. The van der Waals surface area contributed by atoms with Crippen LogP contribution in [0.25, 0.3) is 0 Å². The molecule has 50 heavy (non-hydrogen) atoms. The van der Waals surface area contributed by atoms with E-state index in [9.17, 15) is 4.79 Å². The summed E-state index contributed by atoms with van der Waals surface area (Å²) in [7, 11) is 1.63. The Hall–Kier alpha value is -3.75. The van der Waals surface area contributed by atoms with Crippen molar-refractivity contribution in [2.45, 2.75) is 32.4 Å². The molecule has 15 nitrogen and oxygen atoms in total. The smallest absolute Gasteiger partial charge is 0.494 e. The molecule has 2 N–H and O–H groups in total. The molecular weight excluding hydrogens is 674 g/mol. The van der Waals surface area contributed by atoms with Gasteiger partial charge in [-0.1, -0.05) is 18.0 Å². The normalized spacial score (nSPS) is 11.2. The van der Waals surface area contributed by atoms with Crippen molar-refractivity contribution in [1.29, 1.82) is 5.26 Å². The van der Waals surface area contributed by atoms with Crippen LogP contribution in [0.1, 0.15) is 25.7 Å². The molecule has 0 radical (unpaired) electrons. The lowest BCUT2D eigenvalue weighted by molar-refractivity contribution is -0.727. The number of methoxy groups -OCH3 is 1. The Kier molecular flexibility index (Phi) is 25.5. The van der Waals surface area contributed by atoms with Gasteiger partial charge < -0.3 is 47.9 Å². The van der Waals surface area contributed by atoms with E-state index in [1.807, 2.05) is 18.3 Å². The maximum atomic E-state index is 11.9. The Morgan fingerprint density at radius 3 is 1.88 bits per heavy atom. The van der Waals surface area contributed by atoms with Gasteiger partial charge in [-0.05, 0) is 43.5 Å². The van der Waals surface area contributed by atoms with Crippen LogP contribution >= 0.6 is 11.6 Å². The van der Waals surface area contributed by atoms with Crippen LogP contribution in [0.15, 0.2) is 53.8 Å². The molecule has 0 saturated carbocycles. The Balaban J connectivity index is 1.43. The van der Waals surface area contributed by atoms with E-state index in [4.69, 9.17) is 59.5 Å². The number of aliphatic imine (C=N–C) groups is 1. The number of nitrogens with one attached hydrogen (secondary N) is 2. The number of hydrogen-bond donors (Lipinski definition) is 2. The maximum absolute atomic E-state index is 11.9. The summed E-state index contributed by atoms with van der Waals surface area (Å²) in [6, 6.07) is 10.9. The van der Waals surface area contributed by atoms with Crippen LogP contribution in [0, 0.1) is 11.5 Å². The van der Waals surface area contributed by atoms with E-state index >= 15 is 0 Å². The quantitative estimate of drug-likeness (QED) is 0.0236. The average Bonchev–Trinajstić information content (AvgIpc) is 3.12. The standard InChI is InChI=1S/C34H50ClN5O10/c1-42-16-17-43-18-19-44-20-21-45-22-23-46-24-25-47-26-27-49-34(41)50-29-40-13-10-31(11-14-40)39-33(38-28-36)37-12-4-2-3-5-15-48-32-8-6-30(35)7-9-32/h6-11,13-14H,2-5,12,15-27,29H2,1H3,(H,37,38)/p+1. The van der Waals surface area contributed by atoms with E-state index in [1.165, 1.54) is 0 Å². The first-order valence-electron chi connectivity index (χ1n) is 16.6. The highest BCUT2D eigenvalue weighted by Gasteiger charge is 2.09. The maximum Gasteiger partial charge on any atom is 0.513 e. The van der Waals surface area contributed by atoms with Crippen molar-refractivity contribution in [2.75, 3.05) is 105 Å². The fraction of sp³-hybridized carbons (Fsp3) is 0.588. The molecule has 1 aromatic heterocycles. The van der Waals surface area contributed by atoms with Crippen LogP contribution < -0.4 is 19.9 Å². The highest BCUT2D eigenvalue weighted by atomic mass is 35.5. The minimum absolute atomic E-state index is 0.0343. The average molecular weight is 725 g/mol. The van der Waals surface area contributed by atoms with Gasteiger partial charge in [0.1, 0.15) is 12.4 Å². The van der Waals surface area contributed by atoms with Crippen molar-refractivity contribution in [3.8, 4) is 11.9 Å². The van der Waals surface area contributed by atoms with Gasteiger partial charge in [0.25, 0.3) is 6.73 Å². The lowest BCUT2D eigenvalue weighted by Crippen LogP contribution is -2.36. The predicted molar refractivity (Wildman–Crippen MR) is 185 cm³/mol. The molecule has 0 spiro atoms. The zero-order chi connectivity index (χ0) is 35.7. The molecule has 16 heteroatoms. The third-order valence-electron chi connectivity index (χ3n) is 6.43. The highest BCUT2D eigenvalue weighted by molar-refractivity contribution is 6.30. The van der Waals surface area contributed by atoms with Crippen LogP contribution in [-0.4, -0.2) is 112 Å². The van der Waals surface area contributed by atoms with E-state index in [0.29, 0.717) is 95.9 Å². The van der Waals surface area contributed by atoms with E-state index in [0.717, 1.165) is 31.4 Å². The molecule has 0 unspecified atom stereocenters. The number of rotatable bonds is 29. The summed E-state index contributed by atoms with van der Waals surface area (Å²) in [4.78, 5) is 16.3. The monoisotopic (exact) mass is 724 g/mol. The number of halogens is 1. The number of guanidine groups is 1. The number of ether oxygens (including phenoxy) is 9. The summed E-state index contributed by atoms with van der Waals surface area (Å²) in [5.74, 6) is 1.16. The zero-order valence-corrected chi connectivity index (χ0v) is 29.6. The lowest BCUT2D eigenvalue weighted by atomic mass is 10.2. The summed E-state index contributed by atoms with van der Waals surface area (Å²) < 4.78 is 49.3. The first-order valence-corrected chi connectivity index (χ1v) is 17.0. The molecule has 2 rings (SSSR count). The summed E-state index contributed by atoms with van der Waals surface area (Å²) >= 11 is 5.88. The molecule has 1 aromatic carbocycles. The van der Waals surface area contributed by atoms with Crippen LogP contribution in [0.3, 0.4) is 0 Å². The number of pyridine rings is 1. The molecule has 0 aliphatic rings. The third-order valence-corrected chi connectivity index (χ3v) is 6.68. The number of nitriles is 1. The number of nitrogens with zero attached hydrogens (tertiary/aromatic N) is 3. The number of unbranched alkanes of at least 4 members (excludes halogenated alkanes) is 3. The molecule has 278 valence electrons. The minimum Gasteiger partial charge on any atom is -0.494 e. The van der Waals surface area contributed by atoms with Crippen molar-refractivity contribution >= 4 is 29.4 Å². The fourth-order valence-electron chi connectivity index (χ4n) is 3.88. The van der Waals surface area contributed by atoms with Gasteiger partial charge in [0.2, 0.25) is 5.96 Å². The molecule has 2 aromatic rings. The number of aromatic nitrogens is 1. The van der Waals surface area contributed by atoms with Crippen LogP contribution in [0.5, 0.6) is 5.75 Å². The predicted octanol–water partition coefficient (Wildman–Crippen LogP) is 3.95. The molecule has 0 aliphatic heterocycles. The SMILES string of the molecule is COCCOCCOCCOCCOCCOCCOC(=O)OC[n+]1ccc(N/C(=N\CCCCCCOc2ccc(Cl)cc2)NC#N)cc1. The fourth-order valence-corrected chi connectivity index (χ4v) is 4.01. The van der Waals surface area contributed by atoms with Gasteiger partial charge in [0.05, 0.1) is 85.0 Å².